The Hall–Kier alpha value is -0.710. The van der Waals surface area contributed by atoms with Gasteiger partial charge < -0.3 is 9.80 Å². The second-order valence-corrected chi connectivity index (χ2v) is 9.32. The Morgan fingerprint density at radius 3 is 2.45 bits per heavy atom. The maximum atomic E-state index is 12.2. The van der Waals surface area contributed by atoms with Crippen molar-refractivity contribution in [2.45, 2.75) is 57.6 Å². The molecule has 2 heterocycles. The molecule has 0 radical (unpaired) electrons. The molecule has 0 aromatic rings. The van der Waals surface area contributed by atoms with Crippen LogP contribution in [-0.2, 0) is 9.59 Å². The molecular formula is C17H30N2O2S. The lowest BCUT2D eigenvalue weighted by molar-refractivity contribution is -0.135. The second-order valence-electron chi connectivity index (χ2n) is 7.52. The molecule has 22 heavy (non-hydrogen) atoms. The Morgan fingerprint density at radius 2 is 1.86 bits per heavy atom. The summed E-state index contributed by atoms with van der Waals surface area (Å²) in [6, 6.07) is 0. The third kappa shape index (κ3) is 5.49. The fourth-order valence-electron chi connectivity index (χ4n) is 3.10. The van der Waals surface area contributed by atoms with Gasteiger partial charge in [0.2, 0.25) is 11.8 Å². The second kappa shape index (κ2) is 7.71. The molecule has 0 aromatic heterocycles. The van der Waals surface area contributed by atoms with Gasteiger partial charge in [0.05, 0.1) is 5.75 Å². The fourth-order valence-corrected chi connectivity index (χ4v) is 3.84. The van der Waals surface area contributed by atoms with Crippen LogP contribution in [0.5, 0.6) is 0 Å². The Labute approximate surface area is 139 Å². The van der Waals surface area contributed by atoms with E-state index in [4.69, 9.17) is 0 Å². The monoisotopic (exact) mass is 326 g/mol. The number of carbonyl (C=O) groups excluding carboxylic acids is 2. The van der Waals surface area contributed by atoms with Crippen molar-refractivity contribution in [2.24, 2.45) is 5.92 Å². The number of hydrogen-bond acceptors (Lipinski definition) is 3. The average molecular weight is 327 g/mol. The van der Waals surface area contributed by atoms with Crippen molar-refractivity contribution < 1.29 is 9.59 Å². The Morgan fingerprint density at radius 1 is 1.18 bits per heavy atom. The van der Waals surface area contributed by atoms with Crippen LogP contribution in [0.3, 0.4) is 0 Å². The largest absolute Gasteiger partial charge is 0.342 e. The van der Waals surface area contributed by atoms with Crippen LogP contribution in [0.15, 0.2) is 0 Å². The van der Waals surface area contributed by atoms with Gasteiger partial charge in [-0.05, 0) is 31.6 Å². The van der Waals surface area contributed by atoms with E-state index < -0.39 is 0 Å². The van der Waals surface area contributed by atoms with Crippen LogP contribution >= 0.6 is 11.8 Å². The van der Waals surface area contributed by atoms with Crippen LogP contribution < -0.4 is 0 Å². The molecule has 0 bridgehead atoms. The number of rotatable bonds is 4. The minimum absolute atomic E-state index is 0.141. The van der Waals surface area contributed by atoms with Gasteiger partial charge in [0.15, 0.2) is 0 Å². The summed E-state index contributed by atoms with van der Waals surface area (Å²) in [6.45, 7) is 9.98. The third-order valence-corrected chi connectivity index (χ3v) is 5.75. The van der Waals surface area contributed by atoms with Crippen molar-refractivity contribution in [2.75, 3.05) is 31.9 Å². The predicted molar refractivity (Wildman–Crippen MR) is 91.9 cm³/mol. The summed E-state index contributed by atoms with van der Waals surface area (Å²) < 4.78 is 0.141. The molecule has 0 unspecified atom stereocenters. The van der Waals surface area contributed by atoms with Crippen molar-refractivity contribution in [1.82, 2.24) is 9.80 Å². The van der Waals surface area contributed by atoms with Crippen LogP contribution in [-0.4, -0.2) is 58.3 Å². The molecule has 2 saturated heterocycles. The average Bonchev–Trinajstić information content (AvgIpc) is 2.47. The van der Waals surface area contributed by atoms with Crippen molar-refractivity contribution >= 4 is 23.6 Å². The highest BCUT2D eigenvalue weighted by atomic mass is 32.2. The maximum absolute atomic E-state index is 12.2. The standard InChI is InChI=1S/C17H30N2O2S/c1-17(2,3)22-13-16(21)18-10-7-14(8-11-18)12-19-9-5-4-6-15(19)20/h14H,4-13H2,1-3H3. The first-order valence-electron chi connectivity index (χ1n) is 8.55. The topological polar surface area (TPSA) is 40.6 Å². The molecule has 0 aromatic carbocycles. The van der Waals surface area contributed by atoms with E-state index in [-0.39, 0.29) is 10.7 Å². The molecule has 4 nitrogen and oxygen atoms in total. The summed E-state index contributed by atoms with van der Waals surface area (Å²) in [5.74, 6) is 1.75. The predicted octanol–water partition coefficient (Wildman–Crippen LogP) is 2.77. The first-order chi connectivity index (χ1) is 10.3. The van der Waals surface area contributed by atoms with Crippen LogP contribution in [0.4, 0.5) is 0 Å². The Bertz CT molecular complexity index is 398. The van der Waals surface area contributed by atoms with Crippen LogP contribution in [0.2, 0.25) is 0 Å². The zero-order valence-electron chi connectivity index (χ0n) is 14.3. The first-order valence-corrected chi connectivity index (χ1v) is 9.53. The lowest BCUT2D eigenvalue weighted by Gasteiger charge is -2.36. The third-order valence-electron chi connectivity index (χ3n) is 4.50. The molecular weight excluding hydrogens is 296 g/mol. The van der Waals surface area contributed by atoms with E-state index in [1.54, 1.807) is 11.8 Å². The van der Waals surface area contributed by atoms with Gasteiger partial charge in [0, 0.05) is 37.3 Å². The minimum Gasteiger partial charge on any atom is -0.342 e. The van der Waals surface area contributed by atoms with Gasteiger partial charge in [-0.15, -0.1) is 11.8 Å². The first kappa shape index (κ1) is 17.6. The van der Waals surface area contributed by atoms with E-state index in [1.165, 1.54) is 0 Å². The highest BCUT2D eigenvalue weighted by Crippen LogP contribution is 2.25. The maximum Gasteiger partial charge on any atom is 0.232 e. The number of thioether (sulfide) groups is 1. The van der Waals surface area contributed by atoms with Gasteiger partial charge in [-0.3, -0.25) is 9.59 Å². The smallest absolute Gasteiger partial charge is 0.232 e. The fraction of sp³-hybridized carbons (Fsp3) is 0.882. The van der Waals surface area contributed by atoms with Crippen molar-refractivity contribution in [3.05, 3.63) is 0 Å². The van der Waals surface area contributed by atoms with E-state index in [1.807, 2.05) is 9.80 Å². The highest BCUT2D eigenvalue weighted by Gasteiger charge is 2.27. The molecule has 0 aliphatic carbocycles. The minimum atomic E-state index is 0.141. The van der Waals surface area contributed by atoms with E-state index in [9.17, 15) is 9.59 Å². The molecule has 2 aliphatic heterocycles. The van der Waals surface area contributed by atoms with Gasteiger partial charge in [-0.1, -0.05) is 20.8 Å². The van der Waals surface area contributed by atoms with E-state index >= 15 is 0 Å². The molecule has 2 fully saturated rings. The zero-order chi connectivity index (χ0) is 16.2. The number of piperidine rings is 2. The number of hydrogen-bond donors (Lipinski definition) is 0. The normalized spacial score (nSPS) is 21.3. The molecule has 2 rings (SSSR count). The molecule has 0 N–H and O–H groups in total. The Balaban J connectivity index is 1.71. The molecule has 126 valence electrons. The summed E-state index contributed by atoms with van der Waals surface area (Å²) in [7, 11) is 0. The molecule has 5 heteroatoms. The summed E-state index contributed by atoms with van der Waals surface area (Å²) >= 11 is 1.72. The summed E-state index contributed by atoms with van der Waals surface area (Å²) in [5, 5.41) is 0. The van der Waals surface area contributed by atoms with Gasteiger partial charge in [-0.2, -0.15) is 0 Å². The van der Waals surface area contributed by atoms with Gasteiger partial charge in [0.25, 0.3) is 0 Å². The molecule has 0 spiro atoms. The van der Waals surface area contributed by atoms with E-state index in [0.717, 1.165) is 58.3 Å². The van der Waals surface area contributed by atoms with E-state index in [0.29, 0.717) is 17.6 Å². The summed E-state index contributed by atoms with van der Waals surface area (Å²) in [6.07, 6.45) is 4.99. The molecule has 2 amide bonds. The van der Waals surface area contributed by atoms with Gasteiger partial charge >= 0.3 is 0 Å². The lowest BCUT2D eigenvalue weighted by atomic mass is 9.95. The van der Waals surface area contributed by atoms with Crippen molar-refractivity contribution in [1.29, 1.82) is 0 Å². The molecule has 0 saturated carbocycles. The molecule has 2 aliphatic rings. The highest BCUT2D eigenvalue weighted by molar-refractivity contribution is 8.01. The van der Waals surface area contributed by atoms with Crippen LogP contribution in [0.25, 0.3) is 0 Å². The number of carbonyl (C=O) groups is 2. The van der Waals surface area contributed by atoms with Crippen LogP contribution in [0, 0.1) is 5.92 Å². The lowest BCUT2D eigenvalue weighted by Crippen LogP contribution is -2.44. The van der Waals surface area contributed by atoms with Gasteiger partial charge in [-0.25, -0.2) is 0 Å². The Kier molecular flexibility index (Phi) is 6.18. The zero-order valence-corrected chi connectivity index (χ0v) is 15.1. The number of amides is 2. The van der Waals surface area contributed by atoms with E-state index in [2.05, 4.69) is 20.8 Å². The summed E-state index contributed by atoms with van der Waals surface area (Å²) in [4.78, 5) is 28.2. The number of likely N-dealkylation sites (tertiary alicyclic amines) is 2. The SMILES string of the molecule is CC(C)(C)SCC(=O)N1CCC(CN2CCCCC2=O)CC1. The summed E-state index contributed by atoms with van der Waals surface area (Å²) in [5.41, 5.74) is 0. The van der Waals surface area contributed by atoms with Gasteiger partial charge in [0.1, 0.15) is 0 Å². The van der Waals surface area contributed by atoms with Crippen molar-refractivity contribution in [3.8, 4) is 0 Å². The van der Waals surface area contributed by atoms with Crippen molar-refractivity contribution in [3.63, 3.8) is 0 Å². The van der Waals surface area contributed by atoms with Crippen LogP contribution in [0.1, 0.15) is 52.9 Å². The number of nitrogens with zero attached hydrogens (tertiary/aromatic N) is 2. The molecule has 0 atom stereocenters. The quantitative estimate of drug-likeness (QED) is 0.797.